The first-order valence-corrected chi connectivity index (χ1v) is 10.5. The molecule has 0 unspecified atom stereocenters. The lowest BCUT2D eigenvalue weighted by atomic mass is 9.92. The quantitative estimate of drug-likeness (QED) is 0.664. The number of carboxylic acid groups (broad SMARTS) is 1. The molecule has 0 aliphatic carbocycles. The molecule has 1 saturated heterocycles. The number of aromatic nitrogens is 2. The molecule has 0 saturated carbocycles. The lowest BCUT2D eigenvalue weighted by Crippen LogP contribution is -2.35. The number of rotatable bonds is 8. The van der Waals surface area contributed by atoms with Crippen LogP contribution >= 0.6 is 0 Å². The molecule has 6 heteroatoms. The second-order valence-electron chi connectivity index (χ2n) is 7.90. The third-order valence-corrected chi connectivity index (χ3v) is 5.74. The molecule has 6 nitrogen and oxygen atoms in total. The fraction of sp³-hybridized carbons (Fsp3) is 0.522. The maximum absolute atomic E-state index is 11.3. The van der Waals surface area contributed by atoms with Gasteiger partial charge in [0.15, 0.2) is 0 Å². The van der Waals surface area contributed by atoms with Crippen molar-refractivity contribution < 1.29 is 14.6 Å². The van der Waals surface area contributed by atoms with Crippen LogP contribution in [-0.4, -0.2) is 40.7 Å². The summed E-state index contributed by atoms with van der Waals surface area (Å²) in [7, 11) is 0. The van der Waals surface area contributed by atoms with Crippen molar-refractivity contribution >= 4 is 11.9 Å². The molecule has 1 aliphatic rings. The van der Waals surface area contributed by atoms with Gasteiger partial charge < -0.3 is 14.7 Å². The molecule has 1 aliphatic heterocycles. The maximum Gasteiger partial charge on any atom is 0.336 e. The van der Waals surface area contributed by atoms with Gasteiger partial charge in [-0.25, -0.2) is 14.8 Å². The second kappa shape index (κ2) is 9.72. The highest BCUT2D eigenvalue weighted by Crippen LogP contribution is 2.25. The molecule has 0 atom stereocenters. The molecule has 3 rings (SSSR count). The Kier molecular flexibility index (Phi) is 7.07. The van der Waals surface area contributed by atoms with Crippen molar-refractivity contribution in [2.45, 2.75) is 52.9 Å². The number of aryl methyl sites for hydroxylation is 3. The Hall–Kier alpha value is -2.63. The minimum absolute atomic E-state index is 0.373. The Bertz CT molecular complexity index is 805. The molecular weight excluding hydrogens is 366 g/mol. The first-order chi connectivity index (χ1) is 14.0. The summed E-state index contributed by atoms with van der Waals surface area (Å²) in [5.41, 5.74) is 3.03. The number of nitrogens with zero attached hydrogens (tertiary/aromatic N) is 3. The number of piperidine rings is 1. The number of carbonyl (C=O) groups is 1. The highest BCUT2D eigenvalue weighted by Gasteiger charge is 2.20. The van der Waals surface area contributed by atoms with E-state index in [9.17, 15) is 9.90 Å². The summed E-state index contributed by atoms with van der Waals surface area (Å²) in [6.45, 7) is 8.42. The number of aromatic carboxylic acids is 1. The van der Waals surface area contributed by atoms with E-state index in [2.05, 4.69) is 21.8 Å². The number of hydrogen-bond acceptors (Lipinski definition) is 5. The third-order valence-electron chi connectivity index (χ3n) is 5.74. The molecule has 1 fully saturated rings. The molecule has 29 heavy (non-hydrogen) atoms. The van der Waals surface area contributed by atoms with Gasteiger partial charge in [0.05, 0.1) is 12.2 Å². The van der Waals surface area contributed by atoms with Crippen LogP contribution in [0.4, 0.5) is 5.95 Å². The minimum Gasteiger partial charge on any atom is -0.494 e. The van der Waals surface area contributed by atoms with Crippen LogP contribution in [0.1, 0.15) is 59.7 Å². The van der Waals surface area contributed by atoms with E-state index in [0.717, 1.165) is 68.0 Å². The Morgan fingerprint density at radius 2 is 1.79 bits per heavy atom. The van der Waals surface area contributed by atoms with E-state index in [1.807, 2.05) is 38.4 Å². The normalized spacial score (nSPS) is 14.8. The Balaban J connectivity index is 1.40. The first kappa shape index (κ1) is 21.1. The number of hydrogen-bond donors (Lipinski definition) is 1. The molecule has 2 aromatic rings. The summed E-state index contributed by atoms with van der Waals surface area (Å²) >= 11 is 0. The summed E-state index contributed by atoms with van der Waals surface area (Å²) < 4.78 is 5.88. The number of carboxylic acids is 1. The Labute approximate surface area is 172 Å². The predicted molar refractivity (Wildman–Crippen MR) is 114 cm³/mol. The minimum atomic E-state index is -0.885. The van der Waals surface area contributed by atoms with Crippen LogP contribution in [0.25, 0.3) is 0 Å². The van der Waals surface area contributed by atoms with Gasteiger partial charge in [0, 0.05) is 25.5 Å². The molecule has 1 N–H and O–H groups in total. The average molecular weight is 398 g/mol. The van der Waals surface area contributed by atoms with Crippen molar-refractivity contribution in [3.05, 3.63) is 46.8 Å². The Morgan fingerprint density at radius 3 is 2.34 bits per heavy atom. The van der Waals surface area contributed by atoms with Gasteiger partial charge in [0.1, 0.15) is 5.75 Å². The topological polar surface area (TPSA) is 75.6 Å². The van der Waals surface area contributed by atoms with Crippen LogP contribution in [0, 0.1) is 19.8 Å². The number of ether oxygens (including phenoxy) is 1. The van der Waals surface area contributed by atoms with Crippen molar-refractivity contribution in [1.82, 2.24) is 9.97 Å². The van der Waals surface area contributed by atoms with Crippen LogP contribution in [0.15, 0.2) is 24.5 Å². The van der Waals surface area contributed by atoms with Crippen LogP contribution in [0.5, 0.6) is 5.75 Å². The van der Waals surface area contributed by atoms with Gasteiger partial charge in [0.2, 0.25) is 5.95 Å². The average Bonchev–Trinajstić information content (AvgIpc) is 2.71. The summed E-state index contributed by atoms with van der Waals surface area (Å²) in [5.74, 6) is 1.43. The van der Waals surface area contributed by atoms with Crippen LogP contribution in [0.2, 0.25) is 0 Å². The van der Waals surface area contributed by atoms with Gasteiger partial charge >= 0.3 is 5.97 Å². The standard InChI is InChI=1S/C23H31N3O3/c1-4-18-14-24-23(25-15-18)26-9-7-19(8-10-26)6-5-11-29-20-12-16(2)21(22(27)28)17(3)13-20/h12-15,19H,4-11H2,1-3H3,(H,27,28). The van der Waals surface area contributed by atoms with E-state index in [4.69, 9.17) is 4.74 Å². The summed E-state index contributed by atoms with van der Waals surface area (Å²) in [5, 5.41) is 9.26. The fourth-order valence-electron chi connectivity index (χ4n) is 4.02. The lowest BCUT2D eigenvalue weighted by Gasteiger charge is -2.32. The largest absolute Gasteiger partial charge is 0.494 e. The number of benzene rings is 1. The molecule has 0 amide bonds. The van der Waals surface area contributed by atoms with Gasteiger partial charge in [-0.15, -0.1) is 0 Å². The van der Waals surface area contributed by atoms with Crippen LogP contribution < -0.4 is 9.64 Å². The van der Waals surface area contributed by atoms with E-state index in [1.54, 1.807) is 0 Å². The van der Waals surface area contributed by atoms with Gasteiger partial charge in [-0.3, -0.25) is 0 Å². The smallest absolute Gasteiger partial charge is 0.336 e. The highest BCUT2D eigenvalue weighted by molar-refractivity contribution is 5.91. The molecule has 1 aromatic carbocycles. The van der Waals surface area contributed by atoms with E-state index in [0.29, 0.717) is 18.1 Å². The number of anilines is 1. The van der Waals surface area contributed by atoms with Crippen molar-refractivity contribution in [3.8, 4) is 5.75 Å². The molecule has 1 aromatic heterocycles. The maximum atomic E-state index is 11.3. The van der Waals surface area contributed by atoms with E-state index >= 15 is 0 Å². The van der Waals surface area contributed by atoms with E-state index in [1.165, 1.54) is 5.56 Å². The molecule has 0 spiro atoms. The van der Waals surface area contributed by atoms with E-state index < -0.39 is 5.97 Å². The van der Waals surface area contributed by atoms with Gasteiger partial charge in [-0.1, -0.05) is 6.92 Å². The fourth-order valence-corrected chi connectivity index (χ4v) is 4.02. The summed E-state index contributed by atoms with van der Waals surface area (Å²) in [6.07, 6.45) is 9.29. The molecule has 0 bridgehead atoms. The zero-order valence-corrected chi connectivity index (χ0v) is 17.6. The molecule has 156 valence electrons. The van der Waals surface area contributed by atoms with Gasteiger partial charge in [-0.05, 0) is 80.7 Å². The van der Waals surface area contributed by atoms with Crippen molar-refractivity contribution in [2.24, 2.45) is 5.92 Å². The zero-order valence-electron chi connectivity index (χ0n) is 17.6. The monoisotopic (exact) mass is 397 g/mol. The summed E-state index contributed by atoms with van der Waals surface area (Å²) in [6, 6.07) is 3.64. The highest BCUT2D eigenvalue weighted by atomic mass is 16.5. The van der Waals surface area contributed by atoms with Crippen LogP contribution in [0.3, 0.4) is 0 Å². The molecule has 0 radical (unpaired) electrons. The van der Waals surface area contributed by atoms with Gasteiger partial charge in [0.25, 0.3) is 0 Å². The van der Waals surface area contributed by atoms with Crippen molar-refractivity contribution in [3.63, 3.8) is 0 Å². The Morgan fingerprint density at radius 1 is 1.17 bits per heavy atom. The van der Waals surface area contributed by atoms with E-state index in [-0.39, 0.29) is 0 Å². The van der Waals surface area contributed by atoms with Gasteiger partial charge in [-0.2, -0.15) is 0 Å². The molecule has 2 heterocycles. The zero-order chi connectivity index (χ0) is 20.8. The van der Waals surface area contributed by atoms with Crippen molar-refractivity contribution in [1.29, 1.82) is 0 Å². The lowest BCUT2D eigenvalue weighted by molar-refractivity contribution is 0.0695. The molecular formula is C23H31N3O3. The first-order valence-electron chi connectivity index (χ1n) is 10.5. The van der Waals surface area contributed by atoms with Crippen molar-refractivity contribution in [2.75, 3.05) is 24.6 Å². The predicted octanol–water partition coefficient (Wildman–Crippen LogP) is 4.43. The SMILES string of the molecule is CCc1cnc(N2CCC(CCCOc3cc(C)c(C(=O)O)c(C)c3)CC2)nc1. The van der Waals surface area contributed by atoms with Crippen LogP contribution in [-0.2, 0) is 6.42 Å². The third kappa shape index (κ3) is 5.46. The second-order valence-corrected chi connectivity index (χ2v) is 7.90. The summed E-state index contributed by atoms with van der Waals surface area (Å²) in [4.78, 5) is 22.6.